The lowest BCUT2D eigenvalue weighted by molar-refractivity contribution is 0.296. The Kier molecular flexibility index (Phi) is 8.28. The van der Waals surface area contributed by atoms with E-state index < -0.39 is 25.9 Å². The van der Waals surface area contributed by atoms with Crippen molar-refractivity contribution >= 4 is 38.1 Å². The molecule has 1 aliphatic carbocycles. The van der Waals surface area contributed by atoms with Crippen LogP contribution in [0.1, 0.15) is 32.6 Å². The predicted octanol–water partition coefficient (Wildman–Crippen LogP) is 1.80. The minimum absolute atomic E-state index is 0. The second-order valence-electron chi connectivity index (χ2n) is 6.16. The fraction of sp³-hybridized carbons (Fsp3) is 0.600. The second-order valence-corrected chi connectivity index (χ2v) is 9.88. The quantitative estimate of drug-likeness (QED) is 0.610. The van der Waals surface area contributed by atoms with Gasteiger partial charge in [-0.3, -0.25) is 4.72 Å². The summed E-state index contributed by atoms with van der Waals surface area (Å²) in [5.41, 5.74) is 5.43. The maximum Gasteiger partial charge on any atom is 0.240 e. The third-order valence-electron chi connectivity index (χ3n) is 4.41. The molecule has 0 bridgehead atoms. The molecule has 0 aromatic heterocycles. The molecule has 2 atom stereocenters. The Morgan fingerprint density at radius 2 is 1.85 bits per heavy atom. The zero-order chi connectivity index (χ0) is 18.7. The van der Waals surface area contributed by atoms with E-state index in [1.54, 1.807) is 0 Å². The Labute approximate surface area is 160 Å². The van der Waals surface area contributed by atoms with Crippen LogP contribution in [0.2, 0.25) is 0 Å². The maximum absolute atomic E-state index is 14.1. The molecule has 2 rings (SSSR count). The number of nitrogens with one attached hydrogen (secondary N) is 2. The summed E-state index contributed by atoms with van der Waals surface area (Å²) in [4.78, 5) is -0.245. The molecule has 0 spiro atoms. The van der Waals surface area contributed by atoms with Gasteiger partial charge in [0.15, 0.2) is 0 Å². The third-order valence-corrected chi connectivity index (χ3v) is 7.19. The lowest BCUT2D eigenvalue weighted by atomic mass is 9.85. The van der Waals surface area contributed by atoms with E-state index in [2.05, 4.69) is 9.44 Å². The van der Waals surface area contributed by atoms with Gasteiger partial charge in [-0.15, -0.1) is 12.4 Å². The predicted molar refractivity (Wildman–Crippen MR) is 102 cm³/mol. The summed E-state index contributed by atoms with van der Waals surface area (Å²) in [6.07, 6.45) is 3.48. The van der Waals surface area contributed by atoms with Gasteiger partial charge in [0.05, 0.1) is 16.3 Å². The molecule has 26 heavy (non-hydrogen) atoms. The van der Waals surface area contributed by atoms with Crippen molar-refractivity contribution in [2.24, 2.45) is 11.7 Å². The molecule has 150 valence electrons. The first-order valence-corrected chi connectivity index (χ1v) is 11.3. The van der Waals surface area contributed by atoms with Crippen LogP contribution < -0.4 is 15.2 Å². The van der Waals surface area contributed by atoms with Gasteiger partial charge in [0.1, 0.15) is 5.82 Å². The van der Waals surface area contributed by atoms with E-state index in [1.165, 1.54) is 13.0 Å². The topological polar surface area (TPSA) is 118 Å². The smallest absolute Gasteiger partial charge is 0.240 e. The largest absolute Gasteiger partial charge is 0.330 e. The first-order chi connectivity index (χ1) is 11.7. The summed E-state index contributed by atoms with van der Waals surface area (Å²) >= 11 is 0. The molecule has 0 radical (unpaired) electrons. The van der Waals surface area contributed by atoms with E-state index in [9.17, 15) is 21.2 Å². The van der Waals surface area contributed by atoms with Crippen molar-refractivity contribution in [3.63, 3.8) is 0 Å². The summed E-state index contributed by atoms with van der Waals surface area (Å²) in [5, 5.41) is 0. The van der Waals surface area contributed by atoms with E-state index in [4.69, 9.17) is 5.73 Å². The zero-order valence-electron chi connectivity index (χ0n) is 14.4. The molecular weight excluding hydrogens is 405 g/mol. The van der Waals surface area contributed by atoms with Crippen LogP contribution in [0.15, 0.2) is 23.1 Å². The minimum Gasteiger partial charge on any atom is -0.330 e. The van der Waals surface area contributed by atoms with Crippen LogP contribution in [0.25, 0.3) is 0 Å². The summed E-state index contributed by atoms with van der Waals surface area (Å²) < 4.78 is 66.9. The SMILES string of the molecule is CCS(=O)(=O)Nc1ccc(S(=O)(=O)NC2CCCCC2CN)cc1F.Cl. The van der Waals surface area contributed by atoms with Crippen molar-refractivity contribution in [1.29, 1.82) is 0 Å². The average molecular weight is 430 g/mol. The van der Waals surface area contributed by atoms with Gasteiger partial charge in [0.25, 0.3) is 0 Å². The first-order valence-electron chi connectivity index (χ1n) is 8.21. The van der Waals surface area contributed by atoms with Gasteiger partial charge < -0.3 is 5.73 Å². The number of benzene rings is 1. The van der Waals surface area contributed by atoms with E-state index in [-0.39, 0.29) is 40.7 Å². The Morgan fingerprint density at radius 1 is 1.19 bits per heavy atom. The van der Waals surface area contributed by atoms with Gasteiger partial charge in [-0.25, -0.2) is 25.9 Å². The lowest BCUT2D eigenvalue weighted by Gasteiger charge is -2.31. The summed E-state index contributed by atoms with van der Waals surface area (Å²) in [5.74, 6) is -1.10. The molecule has 0 amide bonds. The first kappa shape index (κ1) is 23.1. The van der Waals surface area contributed by atoms with Crippen LogP contribution >= 0.6 is 12.4 Å². The summed E-state index contributed by atoms with van der Waals surface area (Å²) in [6.45, 7) is 1.81. The van der Waals surface area contributed by atoms with Crippen molar-refractivity contribution in [3.8, 4) is 0 Å². The highest BCUT2D eigenvalue weighted by Crippen LogP contribution is 2.26. The van der Waals surface area contributed by atoms with Gasteiger partial charge in [0, 0.05) is 6.04 Å². The number of rotatable bonds is 7. The van der Waals surface area contributed by atoms with Crippen molar-refractivity contribution in [2.45, 2.75) is 43.5 Å². The second kappa shape index (κ2) is 9.32. The molecule has 0 aliphatic heterocycles. The number of anilines is 1. The fourth-order valence-electron chi connectivity index (χ4n) is 2.90. The molecule has 1 aromatic carbocycles. The number of hydrogen-bond donors (Lipinski definition) is 3. The molecule has 7 nitrogen and oxygen atoms in total. The van der Waals surface area contributed by atoms with Gasteiger partial charge in [0.2, 0.25) is 20.0 Å². The molecule has 2 unspecified atom stereocenters. The fourth-order valence-corrected chi connectivity index (χ4v) is 4.89. The van der Waals surface area contributed by atoms with Gasteiger partial charge in [-0.1, -0.05) is 12.8 Å². The zero-order valence-corrected chi connectivity index (χ0v) is 16.9. The standard InChI is InChI=1S/C15H24FN3O4S2.ClH/c1-2-24(20,21)18-15-8-7-12(9-13(15)16)25(22,23)19-14-6-4-3-5-11(14)10-17;/h7-9,11,14,18-19H,2-6,10,17H2,1H3;1H. The van der Waals surface area contributed by atoms with Gasteiger partial charge in [-0.2, -0.15) is 0 Å². The van der Waals surface area contributed by atoms with Gasteiger partial charge >= 0.3 is 0 Å². The van der Waals surface area contributed by atoms with E-state index in [0.717, 1.165) is 31.4 Å². The van der Waals surface area contributed by atoms with Crippen LogP contribution in [0, 0.1) is 11.7 Å². The molecule has 1 aliphatic rings. The monoisotopic (exact) mass is 429 g/mol. The number of nitrogens with two attached hydrogens (primary N) is 1. The molecule has 0 heterocycles. The highest BCUT2D eigenvalue weighted by atomic mass is 35.5. The molecule has 0 saturated heterocycles. The summed E-state index contributed by atoms with van der Waals surface area (Å²) in [6, 6.07) is 2.83. The Balaban J connectivity index is 0.00000338. The average Bonchev–Trinajstić information content (AvgIpc) is 2.56. The van der Waals surface area contributed by atoms with E-state index >= 15 is 0 Å². The highest BCUT2D eigenvalue weighted by Gasteiger charge is 2.29. The highest BCUT2D eigenvalue weighted by molar-refractivity contribution is 7.92. The molecular formula is C15H25ClFN3O4S2. The minimum atomic E-state index is -3.91. The maximum atomic E-state index is 14.1. The van der Waals surface area contributed by atoms with Crippen molar-refractivity contribution in [2.75, 3.05) is 17.0 Å². The van der Waals surface area contributed by atoms with Crippen molar-refractivity contribution < 1.29 is 21.2 Å². The Hall–Kier alpha value is -0.940. The molecule has 11 heteroatoms. The van der Waals surface area contributed by atoms with Crippen LogP contribution in [0.5, 0.6) is 0 Å². The molecule has 1 aromatic rings. The Morgan fingerprint density at radius 3 is 2.42 bits per heavy atom. The van der Waals surface area contributed by atoms with E-state index in [1.807, 2.05) is 0 Å². The lowest BCUT2D eigenvalue weighted by Crippen LogP contribution is -2.44. The van der Waals surface area contributed by atoms with Crippen LogP contribution in [0.4, 0.5) is 10.1 Å². The number of sulfonamides is 2. The molecule has 4 N–H and O–H groups in total. The van der Waals surface area contributed by atoms with E-state index in [0.29, 0.717) is 13.0 Å². The number of halogens is 2. The van der Waals surface area contributed by atoms with Gasteiger partial charge in [-0.05, 0) is 50.4 Å². The number of hydrogen-bond acceptors (Lipinski definition) is 5. The Bertz CT molecular complexity index is 818. The van der Waals surface area contributed by atoms with Crippen LogP contribution in [-0.4, -0.2) is 35.2 Å². The van der Waals surface area contributed by atoms with Crippen molar-refractivity contribution in [3.05, 3.63) is 24.0 Å². The summed E-state index contributed by atoms with van der Waals surface area (Å²) in [7, 11) is -7.56. The van der Waals surface area contributed by atoms with Crippen molar-refractivity contribution in [1.82, 2.24) is 4.72 Å². The van der Waals surface area contributed by atoms with Crippen LogP contribution in [0.3, 0.4) is 0 Å². The normalized spacial score (nSPS) is 21.0. The third kappa shape index (κ3) is 5.78. The molecule has 1 saturated carbocycles. The molecule has 1 fully saturated rings. The van der Waals surface area contributed by atoms with Crippen LogP contribution in [-0.2, 0) is 20.0 Å².